The molecule has 0 bridgehead atoms. The highest BCUT2D eigenvalue weighted by molar-refractivity contribution is 6.31. The molecule has 0 aliphatic rings. The summed E-state index contributed by atoms with van der Waals surface area (Å²) in [4.78, 5) is 4.42. The van der Waals surface area contributed by atoms with Crippen LogP contribution in [0.5, 0.6) is 0 Å². The first-order valence-electron chi connectivity index (χ1n) is 5.36. The lowest BCUT2D eigenvalue weighted by molar-refractivity contribution is 0.276. The molecule has 1 rings (SSSR count). The van der Waals surface area contributed by atoms with Crippen molar-refractivity contribution in [3.63, 3.8) is 0 Å². The van der Waals surface area contributed by atoms with Crippen LogP contribution in [0.2, 0.25) is 5.02 Å². The Balaban J connectivity index is 2.52. The van der Waals surface area contributed by atoms with Crippen molar-refractivity contribution in [3.05, 3.63) is 28.8 Å². The molecule has 0 heterocycles. The molecule has 90 valence electrons. The summed E-state index contributed by atoms with van der Waals surface area (Å²) in [6.45, 7) is 2.92. The molecule has 4 heteroatoms. The summed E-state index contributed by atoms with van der Waals surface area (Å²) in [5, 5.41) is 0.747. The van der Waals surface area contributed by atoms with E-state index in [2.05, 4.69) is 30.9 Å². The molecule has 0 aromatic heterocycles. The van der Waals surface area contributed by atoms with Gasteiger partial charge in [-0.25, -0.2) is 0 Å². The van der Waals surface area contributed by atoms with Crippen LogP contribution >= 0.6 is 11.6 Å². The zero-order valence-electron chi connectivity index (χ0n) is 10.2. The summed E-state index contributed by atoms with van der Waals surface area (Å²) >= 11 is 6.12. The third kappa shape index (κ3) is 4.39. The molecule has 0 radical (unpaired) electrons. The Morgan fingerprint density at radius 3 is 2.44 bits per heavy atom. The lowest BCUT2D eigenvalue weighted by atomic mass is 10.2. The number of rotatable bonds is 5. The van der Waals surface area contributed by atoms with E-state index in [0.29, 0.717) is 5.69 Å². The largest absolute Gasteiger partial charge is 0.399 e. The highest BCUT2D eigenvalue weighted by Gasteiger charge is 2.05. The van der Waals surface area contributed by atoms with E-state index in [4.69, 9.17) is 17.3 Å². The molecule has 0 aliphatic heterocycles. The fraction of sp³-hybridized carbons (Fsp3) is 0.500. The minimum absolute atomic E-state index is 0.713. The smallest absolute Gasteiger partial charge is 0.0471 e. The van der Waals surface area contributed by atoms with Crippen molar-refractivity contribution in [1.82, 2.24) is 9.80 Å². The summed E-state index contributed by atoms with van der Waals surface area (Å²) in [7, 11) is 6.24. The highest BCUT2D eigenvalue weighted by Crippen LogP contribution is 2.20. The average molecular weight is 242 g/mol. The number of nitrogens with two attached hydrogens (primary N) is 1. The average Bonchev–Trinajstić information content (AvgIpc) is 2.19. The Bertz CT molecular complexity index is 339. The van der Waals surface area contributed by atoms with Crippen molar-refractivity contribution in [2.24, 2.45) is 0 Å². The SMILES string of the molecule is CN(C)CCN(C)Cc1ccc(N)cc1Cl. The fourth-order valence-corrected chi connectivity index (χ4v) is 1.68. The zero-order valence-corrected chi connectivity index (χ0v) is 11.0. The van der Waals surface area contributed by atoms with Crippen LogP contribution in [0.1, 0.15) is 5.56 Å². The van der Waals surface area contributed by atoms with Gasteiger partial charge in [-0.15, -0.1) is 0 Å². The monoisotopic (exact) mass is 241 g/mol. The molecule has 16 heavy (non-hydrogen) atoms. The quantitative estimate of drug-likeness (QED) is 0.800. The van der Waals surface area contributed by atoms with Gasteiger partial charge in [-0.2, -0.15) is 0 Å². The van der Waals surface area contributed by atoms with Gasteiger partial charge >= 0.3 is 0 Å². The van der Waals surface area contributed by atoms with Gasteiger partial charge in [-0.3, -0.25) is 0 Å². The van der Waals surface area contributed by atoms with E-state index in [1.165, 1.54) is 0 Å². The van der Waals surface area contributed by atoms with Gasteiger partial charge in [0.15, 0.2) is 0 Å². The molecular weight excluding hydrogens is 222 g/mol. The van der Waals surface area contributed by atoms with Gasteiger partial charge in [0.2, 0.25) is 0 Å². The predicted octanol–water partition coefficient (Wildman–Crippen LogP) is 1.92. The van der Waals surface area contributed by atoms with Crippen molar-refractivity contribution in [2.75, 3.05) is 40.0 Å². The number of hydrogen-bond acceptors (Lipinski definition) is 3. The molecule has 0 spiro atoms. The molecule has 1 aromatic rings. The third-order valence-corrected chi connectivity index (χ3v) is 2.80. The van der Waals surface area contributed by atoms with Crippen LogP contribution in [0.25, 0.3) is 0 Å². The first-order valence-corrected chi connectivity index (χ1v) is 5.74. The van der Waals surface area contributed by atoms with E-state index < -0.39 is 0 Å². The highest BCUT2D eigenvalue weighted by atomic mass is 35.5. The molecule has 0 unspecified atom stereocenters. The summed E-state index contributed by atoms with van der Waals surface area (Å²) in [5.41, 5.74) is 7.49. The zero-order chi connectivity index (χ0) is 12.1. The van der Waals surface area contributed by atoms with Crippen LogP contribution in [-0.4, -0.2) is 44.0 Å². The van der Waals surface area contributed by atoms with Gasteiger partial charge in [0.1, 0.15) is 0 Å². The summed E-state index contributed by atoms with van der Waals surface area (Å²) in [5.74, 6) is 0. The molecule has 0 fully saturated rings. The second-order valence-corrected chi connectivity index (χ2v) is 4.80. The second kappa shape index (κ2) is 6.09. The Kier molecular flexibility index (Phi) is 5.06. The van der Waals surface area contributed by atoms with Crippen LogP contribution in [0.15, 0.2) is 18.2 Å². The minimum Gasteiger partial charge on any atom is -0.399 e. The Morgan fingerprint density at radius 2 is 1.88 bits per heavy atom. The van der Waals surface area contributed by atoms with Gasteiger partial charge in [0.05, 0.1) is 0 Å². The van der Waals surface area contributed by atoms with Crippen molar-refractivity contribution in [1.29, 1.82) is 0 Å². The van der Waals surface area contributed by atoms with E-state index in [0.717, 1.165) is 30.2 Å². The molecule has 0 atom stereocenters. The number of halogens is 1. The lowest BCUT2D eigenvalue weighted by Crippen LogP contribution is -2.28. The maximum Gasteiger partial charge on any atom is 0.0471 e. The standard InChI is InChI=1S/C12H20ClN3/c1-15(2)6-7-16(3)9-10-4-5-11(14)8-12(10)13/h4-5,8H,6-7,9,14H2,1-3H3. The minimum atomic E-state index is 0.713. The van der Waals surface area contributed by atoms with E-state index in [1.807, 2.05) is 12.1 Å². The predicted molar refractivity (Wildman–Crippen MR) is 70.8 cm³/mol. The number of benzene rings is 1. The van der Waals surface area contributed by atoms with Crippen LogP contribution < -0.4 is 5.73 Å². The molecule has 0 amide bonds. The van der Waals surface area contributed by atoms with Gasteiger partial charge in [-0.05, 0) is 38.8 Å². The van der Waals surface area contributed by atoms with Crippen LogP contribution in [0.4, 0.5) is 5.69 Å². The maximum absolute atomic E-state index is 6.12. The van der Waals surface area contributed by atoms with Gasteiger partial charge < -0.3 is 15.5 Å². The molecular formula is C12H20ClN3. The lowest BCUT2D eigenvalue weighted by Gasteiger charge is -2.19. The summed E-state index contributed by atoms with van der Waals surface area (Å²) < 4.78 is 0. The van der Waals surface area contributed by atoms with E-state index >= 15 is 0 Å². The Morgan fingerprint density at radius 1 is 1.19 bits per heavy atom. The molecule has 0 saturated heterocycles. The topological polar surface area (TPSA) is 32.5 Å². The van der Waals surface area contributed by atoms with Gasteiger partial charge in [0, 0.05) is 30.3 Å². The van der Waals surface area contributed by atoms with Crippen LogP contribution in [0.3, 0.4) is 0 Å². The van der Waals surface area contributed by atoms with Crippen LogP contribution in [0, 0.1) is 0 Å². The number of likely N-dealkylation sites (N-methyl/N-ethyl adjacent to an activating group) is 2. The van der Waals surface area contributed by atoms with Crippen molar-refractivity contribution >= 4 is 17.3 Å². The van der Waals surface area contributed by atoms with E-state index in [1.54, 1.807) is 6.07 Å². The molecule has 3 nitrogen and oxygen atoms in total. The van der Waals surface area contributed by atoms with Crippen LogP contribution in [-0.2, 0) is 6.54 Å². The van der Waals surface area contributed by atoms with Crippen molar-refractivity contribution < 1.29 is 0 Å². The van der Waals surface area contributed by atoms with Crippen molar-refractivity contribution in [3.8, 4) is 0 Å². The second-order valence-electron chi connectivity index (χ2n) is 4.39. The number of nitrogens with zero attached hydrogens (tertiary/aromatic N) is 2. The van der Waals surface area contributed by atoms with Crippen molar-refractivity contribution in [2.45, 2.75) is 6.54 Å². The fourth-order valence-electron chi connectivity index (χ4n) is 1.43. The van der Waals surface area contributed by atoms with E-state index in [-0.39, 0.29) is 0 Å². The normalized spacial score (nSPS) is 11.4. The van der Waals surface area contributed by atoms with Gasteiger partial charge in [0.25, 0.3) is 0 Å². The Hall–Kier alpha value is -0.770. The first kappa shape index (κ1) is 13.3. The van der Waals surface area contributed by atoms with Gasteiger partial charge in [-0.1, -0.05) is 17.7 Å². The molecule has 0 aliphatic carbocycles. The maximum atomic E-state index is 6.12. The number of anilines is 1. The molecule has 0 saturated carbocycles. The number of nitrogen functional groups attached to an aromatic ring is 1. The first-order chi connectivity index (χ1) is 7.49. The molecule has 1 aromatic carbocycles. The summed E-state index contributed by atoms with van der Waals surface area (Å²) in [6.07, 6.45) is 0. The Labute approximate surface area is 103 Å². The number of hydrogen-bond donors (Lipinski definition) is 1. The molecule has 2 N–H and O–H groups in total. The van der Waals surface area contributed by atoms with E-state index in [9.17, 15) is 0 Å². The third-order valence-electron chi connectivity index (χ3n) is 2.45. The summed E-state index contributed by atoms with van der Waals surface area (Å²) in [6, 6.07) is 5.68.